The molecular formula is C35H33F3N2O4. The first-order valence-corrected chi connectivity index (χ1v) is 14.4. The maximum Gasteiger partial charge on any atom is 0.416 e. The number of benzene rings is 4. The predicted molar refractivity (Wildman–Crippen MR) is 163 cm³/mol. The van der Waals surface area contributed by atoms with Crippen molar-refractivity contribution in [3.8, 4) is 22.3 Å². The Morgan fingerprint density at radius 1 is 0.841 bits per heavy atom. The lowest BCUT2D eigenvalue weighted by molar-refractivity contribution is -0.137. The highest BCUT2D eigenvalue weighted by Gasteiger charge is 2.30. The van der Waals surface area contributed by atoms with Crippen molar-refractivity contribution in [2.75, 3.05) is 33.8 Å². The van der Waals surface area contributed by atoms with Crippen LogP contribution in [0.4, 0.5) is 13.2 Å². The van der Waals surface area contributed by atoms with Gasteiger partial charge in [0.2, 0.25) is 5.91 Å². The van der Waals surface area contributed by atoms with E-state index in [0.29, 0.717) is 22.4 Å². The number of fused-ring (bicyclic) bond motifs is 1. The molecule has 9 heteroatoms. The smallest absolute Gasteiger partial charge is 0.416 e. The molecule has 6 nitrogen and oxygen atoms in total. The van der Waals surface area contributed by atoms with Crippen molar-refractivity contribution in [2.24, 2.45) is 0 Å². The molecule has 4 aromatic carbocycles. The molecule has 0 saturated carbocycles. The Bertz CT molecular complexity index is 1690. The maximum atomic E-state index is 13.1. The summed E-state index contributed by atoms with van der Waals surface area (Å²) in [6.45, 7) is 2.65. The van der Waals surface area contributed by atoms with Gasteiger partial charge in [0.25, 0.3) is 5.91 Å². The van der Waals surface area contributed by atoms with E-state index in [9.17, 15) is 27.6 Å². The SMILES string of the molecule is CC(=O)N1CCC(c2ccc(-c3cc(C(=O)OCC(=O)N(C)C)cc4cc(-c5ccc(C(F)(F)F)cc5)ccc34)cc2)CC1. The van der Waals surface area contributed by atoms with Gasteiger partial charge in [0.1, 0.15) is 0 Å². The molecular weight excluding hydrogens is 569 g/mol. The van der Waals surface area contributed by atoms with Crippen LogP contribution in [0.3, 0.4) is 0 Å². The second-order valence-corrected chi connectivity index (χ2v) is 11.3. The number of alkyl halides is 3. The third kappa shape index (κ3) is 6.77. The lowest BCUT2D eigenvalue weighted by atomic mass is 9.87. The standard InChI is InChI=1S/C35H33F3N2O4/c1-22(41)40-16-14-25(15-17-40)23-4-6-26(7-5-23)32-20-29(34(43)44-21-33(42)39(2)3)19-28-18-27(10-13-31(28)32)24-8-11-30(12-9-24)35(36,37)38/h4-13,18-20,25H,14-17,21H2,1-3H3. The number of ether oxygens (including phenoxy) is 1. The molecule has 1 heterocycles. The normalized spacial score (nSPS) is 14.0. The van der Waals surface area contributed by atoms with E-state index in [4.69, 9.17) is 4.74 Å². The van der Waals surface area contributed by atoms with Crippen molar-refractivity contribution in [2.45, 2.75) is 31.9 Å². The molecule has 0 aromatic heterocycles. The summed E-state index contributed by atoms with van der Waals surface area (Å²) in [5.74, 6) is -0.569. The van der Waals surface area contributed by atoms with Gasteiger partial charge < -0.3 is 14.5 Å². The van der Waals surface area contributed by atoms with Gasteiger partial charge in [0, 0.05) is 34.1 Å². The lowest BCUT2D eigenvalue weighted by Gasteiger charge is -2.31. The lowest BCUT2D eigenvalue weighted by Crippen LogP contribution is -2.36. The fourth-order valence-electron chi connectivity index (χ4n) is 5.56. The Kier molecular flexibility index (Phi) is 8.76. The number of esters is 1. The van der Waals surface area contributed by atoms with E-state index in [1.165, 1.54) is 22.6 Å². The number of likely N-dealkylation sites (tertiary alicyclic amines) is 1. The molecule has 0 atom stereocenters. The summed E-state index contributed by atoms with van der Waals surface area (Å²) < 4.78 is 44.6. The van der Waals surface area contributed by atoms with E-state index >= 15 is 0 Å². The fraction of sp³-hybridized carbons (Fsp3) is 0.286. The molecule has 0 unspecified atom stereocenters. The minimum Gasteiger partial charge on any atom is -0.452 e. The topological polar surface area (TPSA) is 66.9 Å². The molecule has 0 bridgehead atoms. The van der Waals surface area contributed by atoms with E-state index < -0.39 is 24.3 Å². The number of piperidine rings is 1. The highest BCUT2D eigenvalue weighted by molar-refractivity contribution is 6.04. The number of hydrogen-bond donors (Lipinski definition) is 0. The van der Waals surface area contributed by atoms with Crippen molar-refractivity contribution < 1.29 is 32.3 Å². The summed E-state index contributed by atoms with van der Waals surface area (Å²) in [5.41, 5.74) is 3.66. The van der Waals surface area contributed by atoms with Crippen LogP contribution in [-0.4, -0.2) is 61.4 Å². The Hall–Kier alpha value is -4.66. The van der Waals surface area contributed by atoms with Crippen LogP contribution in [0.5, 0.6) is 0 Å². The van der Waals surface area contributed by atoms with Crippen molar-refractivity contribution in [3.05, 3.63) is 95.6 Å². The van der Waals surface area contributed by atoms with Gasteiger partial charge in [-0.25, -0.2) is 4.79 Å². The molecule has 228 valence electrons. The number of amides is 2. The summed E-state index contributed by atoms with van der Waals surface area (Å²) >= 11 is 0. The maximum absolute atomic E-state index is 13.1. The average Bonchev–Trinajstić information content (AvgIpc) is 3.02. The van der Waals surface area contributed by atoms with Crippen LogP contribution in [0.2, 0.25) is 0 Å². The number of rotatable bonds is 6. The molecule has 5 rings (SSSR count). The number of carbonyl (C=O) groups excluding carboxylic acids is 3. The van der Waals surface area contributed by atoms with Crippen LogP contribution < -0.4 is 0 Å². The van der Waals surface area contributed by atoms with Crippen LogP contribution in [0.1, 0.15) is 47.2 Å². The largest absolute Gasteiger partial charge is 0.452 e. The van der Waals surface area contributed by atoms with E-state index in [1.807, 2.05) is 35.2 Å². The first-order chi connectivity index (χ1) is 20.9. The summed E-state index contributed by atoms with van der Waals surface area (Å²) in [6, 6.07) is 22.1. The van der Waals surface area contributed by atoms with Crippen LogP contribution in [-0.2, 0) is 20.5 Å². The first kappa shape index (κ1) is 30.8. The minimum atomic E-state index is -4.43. The van der Waals surface area contributed by atoms with Gasteiger partial charge >= 0.3 is 12.1 Å². The molecule has 1 aliphatic rings. The quantitative estimate of drug-likeness (QED) is 0.220. The molecule has 0 N–H and O–H groups in total. The number of likely N-dealkylation sites (N-methyl/N-ethyl adjacent to an activating group) is 1. The van der Waals surface area contributed by atoms with Gasteiger partial charge in [-0.3, -0.25) is 9.59 Å². The monoisotopic (exact) mass is 602 g/mol. The van der Waals surface area contributed by atoms with E-state index in [-0.39, 0.29) is 17.4 Å². The highest BCUT2D eigenvalue weighted by Crippen LogP contribution is 2.36. The molecule has 0 radical (unpaired) electrons. The van der Waals surface area contributed by atoms with E-state index in [1.54, 1.807) is 33.2 Å². The van der Waals surface area contributed by atoms with Crippen LogP contribution in [0, 0.1) is 0 Å². The first-order valence-electron chi connectivity index (χ1n) is 14.4. The van der Waals surface area contributed by atoms with Gasteiger partial charge in [0.15, 0.2) is 6.61 Å². The summed E-state index contributed by atoms with van der Waals surface area (Å²) in [5, 5.41) is 1.55. The third-order valence-electron chi connectivity index (χ3n) is 8.19. The van der Waals surface area contributed by atoms with Gasteiger partial charge in [-0.05, 0) is 87.7 Å². The molecule has 0 aliphatic carbocycles. The molecule has 1 fully saturated rings. The molecule has 2 amide bonds. The summed E-state index contributed by atoms with van der Waals surface area (Å²) in [4.78, 5) is 40.0. The van der Waals surface area contributed by atoms with Gasteiger partial charge in [-0.2, -0.15) is 13.2 Å². The average molecular weight is 603 g/mol. The second kappa shape index (κ2) is 12.5. The highest BCUT2D eigenvalue weighted by atomic mass is 19.4. The van der Waals surface area contributed by atoms with Gasteiger partial charge in [-0.15, -0.1) is 0 Å². The molecule has 1 saturated heterocycles. The third-order valence-corrected chi connectivity index (χ3v) is 8.19. The van der Waals surface area contributed by atoms with Crippen molar-refractivity contribution in [3.63, 3.8) is 0 Å². The Morgan fingerprint density at radius 2 is 1.45 bits per heavy atom. The van der Waals surface area contributed by atoms with Crippen molar-refractivity contribution in [1.82, 2.24) is 9.80 Å². The molecule has 1 aliphatic heterocycles. The number of nitrogens with zero attached hydrogens (tertiary/aromatic N) is 2. The number of carbonyl (C=O) groups is 3. The summed E-state index contributed by atoms with van der Waals surface area (Å²) in [7, 11) is 3.15. The molecule has 4 aromatic rings. The zero-order valence-electron chi connectivity index (χ0n) is 24.8. The predicted octanol–water partition coefficient (Wildman–Crippen LogP) is 7.16. The molecule has 0 spiro atoms. The second-order valence-electron chi connectivity index (χ2n) is 11.3. The van der Waals surface area contributed by atoms with Crippen LogP contribution >= 0.6 is 0 Å². The Labute approximate surface area is 254 Å². The minimum absolute atomic E-state index is 0.0941. The Balaban J connectivity index is 1.50. The van der Waals surface area contributed by atoms with E-state index in [0.717, 1.165) is 54.6 Å². The number of halogens is 3. The molecule has 44 heavy (non-hydrogen) atoms. The van der Waals surface area contributed by atoms with Gasteiger partial charge in [-0.1, -0.05) is 48.5 Å². The number of hydrogen-bond acceptors (Lipinski definition) is 4. The van der Waals surface area contributed by atoms with Crippen LogP contribution in [0.15, 0.2) is 78.9 Å². The van der Waals surface area contributed by atoms with E-state index in [2.05, 4.69) is 12.1 Å². The summed E-state index contributed by atoms with van der Waals surface area (Å²) in [6.07, 6.45) is -2.65. The Morgan fingerprint density at radius 3 is 2.05 bits per heavy atom. The zero-order valence-corrected chi connectivity index (χ0v) is 24.8. The zero-order chi connectivity index (χ0) is 31.6. The van der Waals surface area contributed by atoms with Crippen molar-refractivity contribution in [1.29, 1.82) is 0 Å². The van der Waals surface area contributed by atoms with Crippen LogP contribution in [0.25, 0.3) is 33.0 Å². The fourth-order valence-corrected chi connectivity index (χ4v) is 5.56. The van der Waals surface area contributed by atoms with Crippen molar-refractivity contribution >= 4 is 28.6 Å². The van der Waals surface area contributed by atoms with Gasteiger partial charge in [0.05, 0.1) is 11.1 Å².